The molecule has 0 aliphatic carbocycles. The molecule has 1 rings (SSSR count). The first-order valence-corrected chi connectivity index (χ1v) is 7.35. The van der Waals surface area contributed by atoms with Gasteiger partial charge in [-0.1, -0.05) is 0 Å². The number of morpholine rings is 1. The van der Waals surface area contributed by atoms with E-state index in [1.54, 1.807) is 11.8 Å². The van der Waals surface area contributed by atoms with Gasteiger partial charge < -0.3 is 20.5 Å². The molecule has 0 radical (unpaired) electrons. The van der Waals surface area contributed by atoms with Crippen molar-refractivity contribution in [3.63, 3.8) is 0 Å². The van der Waals surface area contributed by atoms with Gasteiger partial charge in [-0.25, -0.2) is 4.79 Å². The number of hydrogen-bond acceptors (Lipinski definition) is 5. The first-order chi connectivity index (χ1) is 8.63. The summed E-state index contributed by atoms with van der Waals surface area (Å²) in [5.74, 6) is -0.515. The maximum Gasteiger partial charge on any atom is 0.326 e. The molecular weight excluding hydrogens is 256 g/mol. The van der Waals surface area contributed by atoms with E-state index in [9.17, 15) is 9.59 Å². The highest BCUT2D eigenvalue weighted by atomic mass is 32.2. The van der Waals surface area contributed by atoms with Gasteiger partial charge in [0.25, 0.3) is 0 Å². The zero-order valence-electron chi connectivity index (χ0n) is 10.5. The topological polar surface area (TPSA) is 87.7 Å². The molecule has 0 saturated carbocycles. The van der Waals surface area contributed by atoms with Gasteiger partial charge in [0.15, 0.2) is 0 Å². The molecule has 0 aromatic heterocycles. The summed E-state index contributed by atoms with van der Waals surface area (Å²) in [5.41, 5.74) is 0. The van der Waals surface area contributed by atoms with Crippen molar-refractivity contribution in [3.05, 3.63) is 0 Å². The quantitative estimate of drug-likeness (QED) is 0.591. The van der Waals surface area contributed by atoms with E-state index in [1.165, 1.54) is 0 Å². The molecule has 7 heteroatoms. The Morgan fingerprint density at radius 1 is 1.61 bits per heavy atom. The molecule has 0 spiro atoms. The zero-order valence-corrected chi connectivity index (χ0v) is 11.3. The number of carboxylic acids is 1. The lowest BCUT2D eigenvalue weighted by molar-refractivity contribution is -0.142. The van der Waals surface area contributed by atoms with E-state index in [-0.39, 0.29) is 18.4 Å². The van der Waals surface area contributed by atoms with Crippen LogP contribution in [0.3, 0.4) is 0 Å². The number of rotatable bonds is 7. The zero-order chi connectivity index (χ0) is 13.4. The van der Waals surface area contributed by atoms with Crippen LogP contribution in [-0.4, -0.2) is 60.8 Å². The van der Waals surface area contributed by atoms with Crippen LogP contribution >= 0.6 is 11.8 Å². The molecular formula is C11H20N2O4S. The second kappa shape index (κ2) is 8.34. The van der Waals surface area contributed by atoms with E-state index in [0.29, 0.717) is 25.4 Å². The van der Waals surface area contributed by atoms with Gasteiger partial charge in [0, 0.05) is 19.0 Å². The molecule has 6 nitrogen and oxygen atoms in total. The number of amides is 1. The van der Waals surface area contributed by atoms with Gasteiger partial charge in [0.1, 0.15) is 6.04 Å². The Hall–Kier alpha value is -0.790. The normalized spacial score (nSPS) is 21.3. The molecule has 1 heterocycles. The Bertz CT molecular complexity index is 282. The summed E-state index contributed by atoms with van der Waals surface area (Å²) in [4.78, 5) is 22.7. The summed E-state index contributed by atoms with van der Waals surface area (Å²) in [6.45, 7) is 1.88. The average molecular weight is 276 g/mol. The van der Waals surface area contributed by atoms with Crippen molar-refractivity contribution in [3.8, 4) is 0 Å². The maximum atomic E-state index is 11.7. The predicted octanol–water partition coefficient (Wildman–Crippen LogP) is -0.313. The second-order valence-corrected chi connectivity index (χ2v) is 5.16. The largest absolute Gasteiger partial charge is 0.480 e. The Morgan fingerprint density at radius 2 is 2.39 bits per heavy atom. The van der Waals surface area contributed by atoms with Crippen LogP contribution in [-0.2, 0) is 14.3 Å². The molecule has 0 aromatic rings. The van der Waals surface area contributed by atoms with E-state index in [1.807, 2.05) is 6.26 Å². The number of carbonyl (C=O) groups excluding carboxylic acids is 1. The van der Waals surface area contributed by atoms with E-state index < -0.39 is 12.0 Å². The van der Waals surface area contributed by atoms with Gasteiger partial charge in [-0.2, -0.15) is 11.8 Å². The number of ether oxygens (including phenoxy) is 1. The minimum atomic E-state index is -0.981. The van der Waals surface area contributed by atoms with Crippen LogP contribution in [0.25, 0.3) is 0 Å². The first-order valence-electron chi connectivity index (χ1n) is 5.95. The number of thioether (sulfide) groups is 1. The van der Waals surface area contributed by atoms with E-state index in [2.05, 4.69) is 10.6 Å². The van der Waals surface area contributed by atoms with Crippen molar-refractivity contribution in [1.29, 1.82) is 0 Å². The van der Waals surface area contributed by atoms with Crippen LogP contribution in [0.4, 0.5) is 0 Å². The fourth-order valence-electron chi connectivity index (χ4n) is 1.72. The SMILES string of the molecule is CSCCC(NC(=O)CC1COCCN1)C(=O)O. The van der Waals surface area contributed by atoms with Crippen LogP contribution in [0.2, 0.25) is 0 Å². The van der Waals surface area contributed by atoms with Gasteiger partial charge in [0.2, 0.25) is 5.91 Å². The first kappa shape index (κ1) is 15.3. The third-order valence-corrected chi connectivity index (χ3v) is 3.32. The maximum absolute atomic E-state index is 11.7. The third-order valence-electron chi connectivity index (χ3n) is 2.67. The smallest absolute Gasteiger partial charge is 0.326 e. The Balaban J connectivity index is 2.32. The molecule has 2 unspecified atom stereocenters. The van der Waals surface area contributed by atoms with Gasteiger partial charge in [-0.3, -0.25) is 4.79 Å². The third kappa shape index (κ3) is 5.70. The summed E-state index contributed by atoms with van der Waals surface area (Å²) in [7, 11) is 0. The van der Waals surface area contributed by atoms with Crippen molar-refractivity contribution in [2.75, 3.05) is 31.8 Å². The molecule has 1 aliphatic rings. The lowest BCUT2D eigenvalue weighted by Gasteiger charge is -2.24. The van der Waals surface area contributed by atoms with Crippen molar-refractivity contribution in [2.45, 2.75) is 24.9 Å². The molecule has 2 atom stereocenters. The minimum absolute atomic E-state index is 0.0197. The lowest BCUT2D eigenvalue weighted by Crippen LogP contribution is -2.47. The summed E-state index contributed by atoms with van der Waals surface area (Å²) in [6, 6.07) is -0.816. The molecule has 18 heavy (non-hydrogen) atoms. The Labute approximate surface area is 111 Å². The van der Waals surface area contributed by atoms with E-state index in [0.717, 1.165) is 6.54 Å². The summed E-state index contributed by atoms with van der Waals surface area (Å²) < 4.78 is 5.24. The van der Waals surface area contributed by atoms with Crippen LogP contribution < -0.4 is 10.6 Å². The number of carbonyl (C=O) groups is 2. The van der Waals surface area contributed by atoms with Crippen molar-refractivity contribution < 1.29 is 19.4 Å². The van der Waals surface area contributed by atoms with Crippen LogP contribution in [0.15, 0.2) is 0 Å². The summed E-state index contributed by atoms with van der Waals surface area (Å²) in [6.07, 6.45) is 2.60. The summed E-state index contributed by atoms with van der Waals surface area (Å²) >= 11 is 1.56. The lowest BCUT2D eigenvalue weighted by atomic mass is 10.1. The predicted molar refractivity (Wildman–Crippen MR) is 69.8 cm³/mol. The fourth-order valence-corrected chi connectivity index (χ4v) is 2.19. The molecule has 104 valence electrons. The highest BCUT2D eigenvalue weighted by Gasteiger charge is 2.22. The highest BCUT2D eigenvalue weighted by Crippen LogP contribution is 2.03. The molecule has 1 aliphatic heterocycles. The number of aliphatic carboxylic acids is 1. The highest BCUT2D eigenvalue weighted by molar-refractivity contribution is 7.98. The van der Waals surface area contributed by atoms with E-state index >= 15 is 0 Å². The van der Waals surface area contributed by atoms with Crippen molar-refractivity contribution in [2.24, 2.45) is 0 Å². The van der Waals surface area contributed by atoms with Crippen LogP contribution in [0.1, 0.15) is 12.8 Å². The number of carboxylic acid groups (broad SMARTS) is 1. The van der Waals surface area contributed by atoms with Gasteiger partial charge >= 0.3 is 5.97 Å². The van der Waals surface area contributed by atoms with Crippen molar-refractivity contribution in [1.82, 2.24) is 10.6 Å². The van der Waals surface area contributed by atoms with Gasteiger partial charge in [0.05, 0.1) is 13.2 Å². The Kier molecular flexibility index (Phi) is 7.07. The number of nitrogens with one attached hydrogen (secondary N) is 2. The molecule has 1 saturated heterocycles. The Morgan fingerprint density at radius 3 is 2.94 bits per heavy atom. The van der Waals surface area contributed by atoms with Gasteiger partial charge in [-0.15, -0.1) is 0 Å². The molecule has 1 amide bonds. The monoisotopic (exact) mass is 276 g/mol. The molecule has 3 N–H and O–H groups in total. The van der Waals surface area contributed by atoms with Gasteiger partial charge in [-0.05, 0) is 18.4 Å². The standard InChI is InChI=1S/C11H20N2O4S/c1-18-5-2-9(11(15)16)13-10(14)6-8-7-17-4-3-12-8/h8-9,12H,2-7H2,1H3,(H,13,14)(H,15,16). The molecule has 0 bridgehead atoms. The van der Waals surface area contributed by atoms with Crippen LogP contribution in [0, 0.1) is 0 Å². The molecule has 1 fully saturated rings. The van der Waals surface area contributed by atoms with Crippen LogP contribution in [0.5, 0.6) is 0 Å². The summed E-state index contributed by atoms with van der Waals surface area (Å²) in [5, 5.41) is 14.7. The van der Waals surface area contributed by atoms with Crippen molar-refractivity contribution >= 4 is 23.6 Å². The van der Waals surface area contributed by atoms with E-state index in [4.69, 9.17) is 9.84 Å². The minimum Gasteiger partial charge on any atom is -0.480 e. The average Bonchev–Trinajstić information content (AvgIpc) is 2.35. The fraction of sp³-hybridized carbons (Fsp3) is 0.818. The number of hydrogen-bond donors (Lipinski definition) is 3. The second-order valence-electron chi connectivity index (χ2n) is 4.17. The molecule has 0 aromatic carbocycles.